The maximum Gasteiger partial charge on any atom is 0.224 e. The third-order valence-corrected chi connectivity index (χ3v) is 10.1. The van der Waals surface area contributed by atoms with Crippen molar-refractivity contribution in [2.24, 2.45) is 5.92 Å². The van der Waals surface area contributed by atoms with Crippen LogP contribution in [0.15, 0.2) is 29.6 Å². The predicted octanol–water partition coefficient (Wildman–Crippen LogP) is 7.73. The Morgan fingerprint density at radius 2 is 1.84 bits per heavy atom. The van der Waals surface area contributed by atoms with E-state index in [9.17, 15) is 13.7 Å². The van der Waals surface area contributed by atoms with Crippen LogP contribution in [0, 0.1) is 18.7 Å². The molecule has 0 spiro atoms. The van der Waals surface area contributed by atoms with Gasteiger partial charge in [0.25, 0.3) is 0 Å². The van der Waals surface area contributed by atoms with E-state index in [1.807, 2.05) is 25.7 Å². The third-order valence-electron chi connectivity index (χ3n) is 6.54. The quantitative estimate of drug-likeness (QED) is 0.301. The fourth-order valence-electron chi connectivity index (χ4n) is 3.22. The fraction of sp³-hybridized carbons (Fsp3) is 0.607. The second kappa shape index (κ2) is 14.9. The molecule has 1 heterocycles. The smallest absolute Gasteiger partial charge is 0.224 e. The molecule has 0 radical (unpaired) electrons. The molecule has 0 atom stereocenters. The zero-order valence-corrected chi connectivity index (χ0v) is 25.9. The molecule has 210 valence electrons. The molecule has 0 saturated heterocycles. The lowest BCUT2D eigenvalue weighted by Crippen LogP contribution is -2.29. The number of halogens is 1. The first-order chi connectivity index (χ1) is 17.1. The molecule has 6 nitrogen and oxygen atoms in total. The summed E-state index contributed by atoms with van der Waals surface area (Å²) in [5.74, 6) is 0.671. The summed E-state index contributed by atoms with van der Waals surface area (Å²) in [5.41, 5.74) is 1.74. The number of aryl methyl sites for hydroxylation is 1. The van der Waals surface area contributed by atoms with Gasteiger partial charge in [0.05, 0.1) is 19.3 Å². The Labute approximate surface area is 229 Å². The van der Waals surface area contributed by atoms with Crippen molar-refractivity contribution in [2.45, 2.75) is 83.7 Å². The molecular weight excluding hydrogens is 509 g/mol. The molecule has 9 heteroatoms. The maximum absolute atomic E-state index is 14.3. The Morgan fingerprint density at radius 3 is 2.19 bits per heavy atom. The number of ether oxygens (including phenoxy) is 1. The fourth-order valence-corrected chi connectivity index (χ4v) is 3.61. The van der Waals surface area contributed by atoms with Gasteiger partial charge in [0.15, 0.2) is 11.0 Å². The number of thioether (sulfide) groups is 1. The van der Waals surface area contributed by atoms with Crippen LogP contribution in [-0.4, -0.2) is 51.1 Å². The Kier molecular flexibility index (Phi) is 13.4. The van der Waals surface area contributed by atoms with Crippen LogP contribution in [0.3, 0.4) is 0 Å². The first kappa shape index (κ1) is 33.2. The molecular formula is C28H46FN3O3S2. The number of rotatable bonds is 5. The number of methoxy groups -OCH3 is 1. The molecule has 2 aromatic rings. The van der Waals surface area contributed by atoms with Crippen LogP contribution in [0.1, 0.15) is 71.6 Å². The van der Waals surface area contributed by atoms with Crippen molar-refractivity contribution >= 4 is 33.7 Å². The summed E-state index contributed by atoms with van der Waals surface area (Å²) in [5, 5.41) is 0.663. The van der Waals surface area contributed by atoms with Gasteiger partial charge in [-0.25, -0.2) is 14.4 Å². The zero-order valence-electron chi connectivity index (χ0n) is 24.2. The summed E-state index contributed by atoms with van der Waals surface area (Å²) in [6, 6.07) is 4.40. The average molecular weight is 556 g/mol. The van der Waals surface area contributed by atoms with Crippen molar-refractivity contribution in [2.75, 3.05) is 30.8 Å². The van der Waals surface area contributed by atoms with Gasteiger partial charge in [0.2, 0.25) is 5.91 Å². The predicted molar refractivity (Wildman–Crippen MR) is 158 cm³/mol. The first-order valence-electron chi connectivity index (χ1n) is 12.5. The number of carbonyl (C=O) groups is 1. The SMILES string of the molecule is CC(C)(C)S(C)(C)O.CC1CCCC1.COc1ccc(N(Cc2cnc(SC)nc2C)C(C)=O)c(F)c1. The topological polar surface area (TPSA) is 75.6 Å². The van der Waals surface area contributed by atoms with Crippen molar-refractivity contribution in [3.63, 3.8) is 0 Å². The summed E-state index contributed by atoms with van der Waals surface area (Å²) in [4.78, 5) is 21.9. The number of aromatic nitrogens is 2. The van der Waals surface area contributed by atoms with Crippen LogP contribution in [0.25, 0.3) is 0 Å². The molecule has 1 amide bonds. The van der Waals surface area contributed by atoms with E-state index in [1.165, 1.54) is 68.5 Å². The number of hydrogen-bond acceptors (Lipinski definition) is 6. The molecule has 1 saturated carbocycles. The summed E-state index contributed by atoms with van der Waals surface area (Å²) >= 11 is 1.44. The largest absolute Gasteiger partial charge is 0.497 e. The van der Waals surface area contributed by atoms with Gasteiger partial charge in [-0.3, -0.25) is 4.79 Å². The number of nitrogens with zero attached hydrogens (tertiary/aromatic N) is 3. The maximum atomic E-state index is 14.3. The Bertz CT molecular complexity index is 989. The zero-order chi connectivity index (χ0) is 28.4. The van der Waals surface area contributed by atoms with Crippen LogP contribution in [0.2, 0.25) is 0 Å². The molecule has 37 heavy (non-hydrogen) atoms. The summed E-state index contributed by atoms with van der Waals surface area (Å²) < 4.78 is 28.8. The highest BCUT2D eigenvalue weighted by Crippen LogP contribution is 2.48. The van der Waals surface area contributed by atoms with Crippen molar-refractivity contribution in [3.05, 3.63) is 41.5 Å². The standard InChI is InChI=1S/C16H18FN3O2S.C6H16OS.C6H12/c1-10-12(8-18-16(19-10)23-4)9-20(11(2)21)15-6-5-13(22-3)7-14(15)17;1-6(2,3)8(4,5)7;1-6-4-2-3-5-6/h5-8H,9H2,1-4H3;7H,1-5H3;6H,2-5H2,1H3. The number of benzene rings is 1. The Morgan fingerprint density at radius 1 is 1.27 bits per heavy atom. The monoisotopic (exact) mass is 555 g/mol. The van der Waals surface area contributed by atoms with E-state index in [0.717, 1.165) is 17.2 Å². The lowest BCUT2D eigenvalue weighted by molar-refractivity contribution is -0.116. The van der Waals surface area contributed by atoms with Gasteiger partial charge in [-0.15, -0.1) is 10.3 Å². The van der Waals surface area contributed by atoms with Gasteiger partial charge in [0, 0.05) is 35.2 Å². The molecule has 1 fully saturated rings. The Balaban J connectivity index is 0.000000398. The minimum Gasteiger partial charge on any atom is -0.497 e. The molecule has 0 unspecified atom stereocenters. The number of amides is 1. The summed E-state index contributed by atoms with van der Waals surface area (Å²) in [6.45, 7) is 12.0. The third kappa shape index (κ3) is 11.2. The Hall–Kier alpha value is -1.84. The first-order valence-corrected chi connectivity index (χ1v) is 16.2. The van der Waals surface area contributed by atoms with E-state index in [4.69, 9.17) is 4.74 Å². The molecule has 0 bridgehead atoms. The number of carbonyl (C=O) groups excluding carboxylic acids is 1. The molecule has 1 aromatic carbocycles. The van der Waals surface area contributed by atoms with Crippen LogP contribution in [-0.2, 0) is 11.3 Å². The van der Waals surface area contributed by atoms with Crippen molar-refractivity contribution in [3.8, 4) is 5.75 Å². The van der Waals surface area contributed by atoms with Gasteiger partial charge < -0.3 is 14.2 Å². The molecule has 1 aromatic heterocycles. The van der Waals surface area contributed by atoms with E-state index in [0.29, 0.717) is 10.9 Å². The van der Waals surface area contributed by atoms with Gasteiger partial charge in [-0.2, -0.15) is 0 Å². The van der Waals surface area contributed by atoms with Gasteiger partial charge in [-0.1, -0.05) is 65.1 Å². The highest BCUT2D eigenvalue weighted by molar-refractivity contribution is 8.29. The molecule has 0 aliphatic heterocycles. The minimum absolute atomic E-state index is 0.0764. The lowest BCUT2D eigenvalue weighted by Gasteiger charge is -2.38. The number of anilines is 1. The van der Waals surface area contributed by atoms with E-state index in [-0.39, 0.29) is 22.9 Å². The van der Waals surface area contributed by atoms with E-state index in [1.54, 1.807) is 12.3 Å². The lowest BCUT2D eigenvalue weighted by atomic mass is 10.2. The van der Waals surface area contributed by atoms with Crippen molar-refractivity contribution in [1.82, 2.24) is 9.97 Å². The van der Waals surface area contributed by atoms with Gasteiger partial charge >= 0.3 is 0 Å². The molecule has 1 aliphatic rings. The van der Waals surface area contributed by atoms with Crippen LogP contribution in [0.5, 0.6) is 5.75 Å². The second-order valence-electron chi connectivity index (χ2n) is 10.7. The van der Waals surface area contributed by atoms with Gasteiger partial charge in [-0.05, 0) is 43.7 Å². The van der Waals surface area contributed by atoms with Crippen LogP contribution < -0.4 is 9.64 Å². The average Bonchev–Trinajstić information content (AvgIpc) is 3.28. The van der Waals surface area contributed by atoms with E-state index >= 15 is 0 Å². The molecule has 1 N–H and O–H groups in total. The number of hydrogen-bond donors (Lipinski definition) is 1. The minimum atomic E-state index is -1.34. The normalized spacial score (nSPS) is 14.2. The van der Waals surface area contributed by atoms with Crippen LogP contribution in [0.4, 0.5) is 10.1 Å². The van der Waals surface area contributed by atoms with E-state index in [2.05, 4.69) is 37.7 Å². The molecule has 1 aliphatic carbocycles. The van der Waals surface area contributed by atoms with E-state index < -0.39 is 16.1 Å². The van der Waals surface area contributed by atoms with Crippen molar-refractivity contribution in [1.29, 1.82) is 0 Å². The van der Waals surface area contributed by atoms with Crippen molar-refractivity contribution < 1.29 is 18.5 Å². The van der Waals surface area contributed by atoms with Gasteiger partial charge in [0.1, 0.15) is 5.75 Å². The molecule has 3 rings (SSSR count). The second-order valence-corrected chi connectivity index (χ2v) is 15.2. The summed E-state index contributed by atoms with van der Waals surface area (Å²) in [7, 11) is 0.123. The summed E-state index contributed by atoms with van der Waals surface area (Å²) in [6.07, 6.45) is 13.3. The highest BCUT2D eigenvalue weighted by Gasteiger charge is 2.24. The van der Waals surface area contributed by atoms with Crippen LogP contribution >= 0.6 is 22.1 Å². The highest BCUT2D eigenvalue weighted by atomic mass is 32.3.